The third kappa shape index (κ3) is 2.95. The van der Waals surface area contributed by atoms with E-state index in [-0.39, 0.29) is 0 Å². The molecule has 0 radical (unpaired) electrons. The first-order valence-electron chi connectivity index (χ1n) is 6.47. The van der Waals surface area contributed by atoms with Crippen LogP contribution in [0.25, 0.3) is 6.08 Å². The summed E-state index contributed by atoms with van der Waals surface area (Å²) in [5.74, 6) is -0.0801. The maximum absolute atomic E-state index is 11.9. The third-order valence-corrected chi connectivity index (χ3v) is 3.72. The molecule has 1 heterocycles. The van der Waals surface area contributed by atoms with E-state index in [4.69, 9.17) is 4.74 Å². The molecule has 0 aromatic heterocycles. The number of halogens is 1. The maximum atomic E-state index is 11.9. The number of rotatable bonds is 2. The first-order chi connectivity index (χ1) is 10.1. The highest BCUT2D eigenvalue weighted by atomic mass is 79.9. The summed E-state index contributed by atoms with van der Waals surface area (Å²) in [6, 6.07) is 15.3. The Balaban J connectivity index is 1.96. The minimum Gasteiger partial charge on any atom is -0.402 e. The summed E-state index contributed by atoms with van der Waals surface area (Å²) in [7, 11) is 0. The fraction of sp³-hybridized carbons (Fsp3) is 0.0588. The van der Waals surface area contributed by atoms with Crippen molar-refractivity contribution in [3.63, 3.8) is 0 Å². The number of benzene rings is 2. The van der Waals surface area contributed by atoms with Gasteiger partial charge in [-0.2, -0.15) is 0 Å². The summed E-state index contributed by atoms with van der Waals surface area (Å²) in [5.41, 5.74) is 3.15. The summed E-state index contributed by atoms with van der Waals surface area (Å²) in [6.45, 7) is 1.99. The van der Waals surface area contributed by atoms with E-state index in [9.17, 15) is 4.79 Å². The largest absolute Gasteiger partial charge is 0.402 e. The number of nitrogens with zero attached hydrogens (tertiary/aromatic N) is 1. The molecule has 3 nitrogen and oxygen atoms in total. The van der Waals surface area contributed by atoms with Gasteiger partial charge in [0.25, 0.3) is 0 Å². The lowest BCUT2D eigenvalue weighted by Gasteiger charge is -1.99. The van der Waals surface area contributed by atoms with Crippen LogP contribution in [0.15, 0.2) is 63.7 Å². The average Bonchev–Trinajstić information content (AvgIpc) is 2.83. The predicted octanol–water partition coefficient (Wildman–Crippen LogP) is 4.10. The Morgan fingerprint density at radius 2 is 1.81 bits per heavy atom. The van der Waals surface area contributed by atoms with Gasteiger partial charge in [0.1, 0.15) is 0 Å². The van der Waals surface area contributed by atoms with Crippen LogP contribution < -0.4 is 0 Å². The quantitative estimate of drug-likeness (QED) is 0.609. The molecule has 2 aromatic carbocycles. The third-order valence-electron chi connectivity index (χ3n) is 3.19. The van der Waals surface area contributed by atoms with Crippen molar-refractivity contribution in [2.75, 3.05) is 0 Å². The Bertz CT molecular complexity index is 761. The first kappa shape index (κ1) is 13.8. The molecule has 0 unspecified atom stereocenters. The van der Waals surface area contributed by atoms with Gasteiger partial charge in [-0.25, -0.2) is 9.79 Å². The van der Waals surface area contributed by atoms with Gasteiger partial charge in [-0.3, -0.25) is 0 Å². The first-order valence-corrected chi connectivity index (χ1v) is 7.27. The van der Waals surface area contributed by atoms with E-state index >= 15 is 0 Å². The number of carbonyl (C=O) groups excluding carboxylic acids is 1. The number of carbonyl (C=O) groups is 1. The molecule has 0 amide bonds. The van der Waals surface area contributed by atoms with Crippen LogP contribution in [0.2, 0.25) is 0 Å². The monoisotopic (exact) mass is 341 g/mol. The van der Waals surface area contributed by atoms with Gasteiger partial charge in [-0.1, -0.05) is 40.2 Å². The summed E-state index contributed by atoms with van der Waals surface area (Å²) >= 11 is 3.37. The average molecular weight is 342 g/mol. The lowest BCUT2D eigenvalue weighted by Crippen LogP contribution is -2.05. The van der Waals surface area contributed by atoms with Gasteiger partial charge in [0.05, 0.1) is 0 Å². The minimum absolute atomic E-state index is 0.321. The van der Waals surface area contributed by atoms with Crippen LogP contribution in [0.1, 0.15) is 16.7 Å². The highest BCUT2D eigenvalue weighted by Crippen LogP contribution is 2.21. The maximum Gasteiger partial charge on any atom is 0.363 e. The highest BCUT2D eigenvalue weighted by Gasteiger charge is 2.24. The zero-order valence-corrected chi connectivity index (χ0v) is 12.9. The lowest BCUT2D eigenvalue weighted by atomic mass is 10.1. The number of aliphatic imine (C=N–C) groups is 1. The number of hydrogen-bond donors (Lipinski definition) is 0. The summed E-state index contributed by atoms with van der Waals surface area (Å²) < 4.78 is 6.20. The van der Waals surface area contributed by atoms with E-state index in [2.05, 4.69) is 20.9 Å². The topological polar surface area (TPSA) is 38.7 Å². The van der Waals surface area contributed by atoms with Gasteiger partial charge >= 0.3 is 5.97 Å². The van der Waals surface area contributed by atoms with Crippen LogP contribution in [0.3, 0.4) is 0 Å². The fourth-order valence-electron chi connectivity index (χ4n) is 2.02. The summed E-state index contributed by atoms with van der Waals surface area (Å²) in [5, 5.41) is 0. The van der Waals surface area contributed by atoms with Crippen LogP contribution in [0.5, 0.6) is 0 Å². The SMILES string of the molecule is Cc1ccccc1C=C1N=C(c2ccc(Br)cc2)OC1=O. The van der Waals surface area contributed by atoms with Crippen molar-refractivity contribution < 1.29 is 9.53 Å². The Morgan fingerprint density at radius 1 is 1.10 bits per heavy atom. The molecule has 0 spiro atoms. The zero-order chi connectivity index (χ0) is 14.8. The molecule has 0 N–H and O–H groups in total. The molecule has 0 fully saturated rings. The standard InChI is InChI=1S/C17H12BrNO2/c1-11-4-2-3-5-13(11)10-15-17(20)21-16(19-15)12-6-8-14(18)9-7-12/h2-10H,1H3. The van der Waals surface area contributed by atoms with Crippen molar-refractivity contribution >= 4 is 33.9 Å². The van der Waals surface area contributed by atoms with Gasteiger partial charge < -0.3 is 4.74 Å². The lowest BCUT2D eigenvalue weighted by molar-refractivity contribution is -0.129. The normalized spacial score (nSPS) is 16.0. The molecule has 0 atom stereocenters. The predicted molar refractivity (Wildman–Crippen MR) is 85.9 cm³/mol. The second-order valence-electron chi connectivity index (χ2n) is 4.70. The number of cyclic esters (lactones) is 1. The van der Waals surface area contributed by atoms with Gasteiger partial charge in [0, 0.05) is 10.0 Å². The zero-order valence-electron chi connectivity index (χ0n) is 11.3. The van der Waals surface area contributed by atoms with E-state index in [0.29, 0.717) is 11.6 Å². The van der Waals surface area contributed by atoms with Crippen LogP contribution in [0.4, 0.5) is 0 Å². The Kier molecular flexibility index (Phi) is 3.71. The molecule has 0 bridgehead atoms. The molecular weight excluding hydrogens is 330 g/mol. The molecule has 0 saturated heterocycles. The molecular formula is C17H12BrNO2. The van der Waals surface area contributed by atoms with Gasteiger partial charge in [0.2, 0.25) is 5.90 Å². The second-order valence-corrected chi connectivity index (χ2v) is 5.62. The highest BCUT2D eigenvalue weighted by molar-refractivity contribution is 9.10. The molecule has 1 aliphatic heterocycles. The van der Waals surface area contributed by atoms with Crippen LogP contribution in [0, 0.1) is 6.92 Å². The molecule has 2 aromatic rings. The molecule has 0 saturated carbocycles. The Hall–Kier alpha value is -2.20. The van der Waals surface area contributed by atoms with Crippen molar-refractivity contribution in [1.29, 1.82) is 0 Å². The second kappa shape index (κ2) is 5.66. The summed E-state index contributed by atoms with van der Waals surface area (Å²) in [4.78, 5) is 16.2. The molecule has 21 heavy (non-hydrogen) atoms. The van der Waals surface area contributed by atoms with Crippen molar-refractivity contribution in [1.82, 2.24) is 0 Å². The van der Waals surface area contributed by atoms with Crippen LogP contribution in [-0.2, 0) is 9.53 Å². The van der Waals surface area contributed by atoms with Gasteiger partial charge in [-0.15, -0.1) is 0 Å². The smallest absolute Gasteiger partial charge is 0.363 e. The Morgan fingerprint density at radius 3 is 2.52 bits per heavy atom. The van der Waals surface area contributed by atoms with E-state index in [1.807, 2.05) is 55.5 Å². The molecule has 0 aliphatic carbocycles. The van der Waals surface area contributed by atoms with Crippen molar-refractivity contribution in [2.24, 2.45) is 4.99 Å². The van der Waals surface area contributed by atoms with Crippen molar-refractivity contribution in [2.45, 2.75) is 6.92 Å². The van der Waals surface area contributed by atoms with Crippen LogP contribution >= 0.6 is 15.9 Å². The van der Waals surface area contributed by atoms with Gasteiger partial charge in [0.15, 0.2) is 5.70 Å². The van der Waals surface area contributed by atoms with E-state index in [1.54, 1.807) is 6.08 Å². The van der Waals surface area contributed by atoms with Crippen molar-refractivity contribution in [3.05, 3.63) is 75.4 Å². The molecule has 104 valence electrons. The fourth-order valence-corrected chi connectivity index (χ4v) is 2.29. The van der Waals surface area contributed by atoms with Crippen molar-refractivity contribution in [3.8, 4) is 0 Å². The Labute approximate surface area is 131 Å². The molecule has 3 rings (SSSR count). The molecule has 4 heteroatoms. The summed E-state index contributed by atoms with van der Waals surface area (Å²) in [6.07, 6.45) is 1.75. The van der Waals surface area contributed by atoms with E-state index < -0.39 is 5.97 Å². The van der Waals surface area contributed by atoms with E-state index in [1.165, 1.54) is 0 Å². The number of ether oxygens (including phenoxy) is 1. The minimum atomic E-state index is -0.420. The number of esters is 1. The number of aryl methyl sites for hydroxylation is 1. The van der Waals surface area contributed by atoms with Gasteiger partial charge in [-0.05, 0) is 48.4 Å². The number of hydrogen-bond acceptors (Lipinski definition) is 3. The van der Waals surface area contributed by atoms with Crippen LogP contribution in [-0.4, -0.2) is 11.9 Å². The molecule has 1 aliphatic rings. The van der Waals surface area contributed by atoms with E-state index in [0.717, 1.165) is 21.2 Å².